The summed E-state index contributed by atoms with van der Waals surface area (Å²) in [5, 5.41) is 7.54. The van der Waals surface area contributed by atoms with Crippen molar-refractivity contribution in [2.75, 3.05) is 7.11 Å². The van der Waals surface area contributed by atoms with Gasteiger partial charge in [-0.25, -0.2) is 0 Å². The van der Waals surface area contributed by atoms with Crippen LogP contribution in [0.2, 0.25) is 5.02 Å². The molecular formula is C33H38ClF3N4O5. The van der Waals surface area contributed by atoms with Gasteiger partial charge >= 0.3 is 6.18 Å². The van der Waals surface area contributed by atoms with Crippen LogP contribution < -0.4 is 21.7 Å². The molecule has 0 aromatic heterocycles. The van der Waals surface area contributed by atoms with E-state index in [1.165, 1.54) is 45.2 Å². The Kier molecular flexibility index (Phi) is 14.2. The highest BCUT2D eigenvalue weighted by Gasteiger charge is 2.45. The molecule has 2 rings (SSSR count). The van der Waals surface area contributed by atoms with Crippen molar-refractivity contribution in [3.8, 4) is 0 Å². The first-order chi connectivity index (χ1) is 21.6. The molecule has 0 aliphatic rings. The van der Waals surface area contributed by atoms with Crippen molar-refractivity contribution in [3.05, 3.63) is 106 Å². The molecule has 0 aliphatic carbocycles. The lowest BCUT2D eigenvalue weighted by Gasteiger charge is -2.27. The number of Topliss-reactive ketones (excluding diaryl/α,β-unsaturated/α-hetero) is 1. The summed E-state index contributed by atoms with van der Waals surface area (Å²) in [5.41, 5.74) is 7.26. The zero-order chi connectivity index (χ0) is 34.6. The van der Waals surface area contributed by atoms with Crippen LogP contribution in [0.5, 0.6) is 0 Å². The average molecular weight is 663 g/mol. The Hall–Kier alpha value is -4.42. The van der Waals surface area contributed by atoms with E-state index in [9.17, 15) is 32.3 Å². The van der Waals surface area contributed by atoms with Gasteiger partial charge in [0.2, 0.25) is 11.8 Å². The lowest BCUT2D eigenvalue weighted by molar-refractivity contribution is -0.175. The van der Waals surface area contributed by atoms with Gasteiger partial charge in [-0.05, 0) is 59.9 Å². The van der Waals surface area contributed by atoms with Crippen LogP contribution in [0.25, 0.3) is 0 Å². The van der Waals surface area contributed by atoms with Gasteiger partial charge in [0.1, 0.15) is 17.8 Å². The van der Waals surface area contributed by atoms with Crippen molar-refractivity contribution in [1.29, 1.82) is 0 Å². The maximum atomic E-state index is 13.8. The lowest BCUT2D eigenvalue weighted by Crippen LogP contribution is -2.58. The number of alkyl halides is 3. The van der Waals surface area contributed by atoms with Crippen molar-refractivity contribution in [2.45, 2.75) is 58.0 Å². The Labute approximate surface area is 271 Å². The highest BCUT2D eigenvalue weighted by molar-refractivity contribution is 6.31. The van der Waals surface area contributed by atoms with Crippen LogP contribution in [0.3, 0.4) is 0 Å². The molecule has 0 unspecified atom stereocenters. The summed E-state index contributed by atoms with van der Waals surface area (Å²) in [6.45, 7) is 8.47. The number of methoxy groups -OCH3 is 1. The standard InChI is InChI=1S/C33H38ClF3N4O5/c1-6-25(46-5)15-10-20(4)28(32(45)40-27(19(2)3)29(42)33(35,36)37)41-31(44)26(16-21-11-13-22(18-38)14-12-21)39-30(43)23-8-7-9-24(34)17-23/h6-15,17,19,26-28H,4,16,18,38H2,1-3,5H3,(H,39,43)(H,40,45)(H,41,44)/b15-10-,25-6+/t26-,27-,28-/m0/s1. The highest BCUT2D eigenvalue weighted by Crippen LogP contribution is 2.22. The van der Waals surface area contributed by atoms with Crippen LogP contribution in [-0.2, 0) is 32.1 Å². The van der Waals surface area contributed by atoms with Crippen LogP contribution in [0.1, 0.15) is 42.3 Å². The number of ketones is 1. The summed E-state index contributed by atoms with van der Waals surface area (Å²) >= 11 is 6.03. The van der Waals surface area contributed by atoms with Gasteiger partial charge in [-0.2, -0.15) is 13.2 Å². The number of amides is 3. The summed E-state index contributed by atoms with van der Waals surface area (Å²) in [6, 6.07) is 8.12. The second kappa shape index (κ2) is 17.3. The van der Waals surface area contributed by atoms with E-state index in [4.69, 9.17) is 22.1 Å². The summed E-state index contributed by atoms with van der Waals surface area (Å²) in [6.07, 6.45) is -0.873. The molecule has 2 aromatic rings. The van der Waals surface area contributed by atoms with Crippen molar-refractivity contribution in [2.24, 2.45) is 11.7 Å². The number of benzene rings is 2. The molecule has 46 heavy (non-hydrogen) atoms. The molecule has 0 heterocycles. The van der Waals surface area contributed by atoms with Crippen molar-refractivity contribution >= 4 is 35.1 Å². The van der Waals surface area contributed by atoms with Crippen molar-refractivity contribution in [3.63, 3.8) is 0 Å². The predicted molar refractivity (Wildman–Crippen MR) is 170 cm³/mol. The number of hydrogen-bond acceptors (Lipinski definition) is 6. The highest BCUT2D eigenvalue weighted by atomic mass is 35.5. The van der Waals surface area contributed by atoms with Gasteiger partial charge in [0.15, 0.2) is 0 Å². The average Bonchev–Trinajstić information content (AvgIpc) is 3.01. The molecule has 0 saturated carbocycles. The van der Waals surface area contributed by atoms with E-state index < -0.39 is 53.7 Å². The quantitative estimate of drug-likeness (QED) is 0.163. The molecular weight excluding hydrogens is 625 g/mol. The van der Waals surface area contributed by atoms with Crippen molar-refractivity contribution < 1.29 is 37.1 Å². The van der Waals surface area contributed by atoms with Crippen LogP contribution >= 0.6 is 11.6 Å². The van der Waals surface area contributed by atoms with Crippen LogP contribution in [0.15, 0.2) is 84.7 Å². The van der Waals surface area contributed by atoms with Gasteiger partial charge in [0.25, 0.3) is 11.7 Å². The fraction of sp³-hybridized carbons (Fsp3) is 0.333. The van der Waals surface area contributed by atoms with E-state index in [0.29, 0.717) is 11.3 Å². The molecule has 3 amide bonds. The zero-order valence-electron chi connectivity index (χ0n) is 25.9. The molecule has 5 N–H and O–H groups in total. The maximum absolute atomic E-state index is 13.8. The summed E-state index contributed by atoms with van der Waals surface area (Å²) in [4.78, 5) is 52.6. The van der Waals surface area contributed by atoms with E-state index in [1.807, 2.05) is 0 Å². The second-order valence-corrected chi connectivity index (χ2v) is 11.0. The molecule has 0 spiro atoms. The van der Waals surface area contributed by atoms with E-state index in [0.717, 1.165) is 5.56 Å². The summed E-state index contributed by atoms with van der Waals surface area (Å²) in [7, 11) is 1.40. The van der Waals surface area contributed by atoms with Crippen LogP contribution in [0, 0.1) is 5.92 Å². The molecule has 0 fully saturated rings. The summed E-state index contributed by atoms with van der Waals surface area (Å²) < 4.78 is 45.2. The van der Waals surface area contributed by atoms with Crippen LogP contribution in [-0.4, -0.2) is 54.9 Å². The number of halogens is 4. The number of hydrogen-bond donors (Lipinski definition) is 4. The topological polar surface area (TPSA) is 140 Å². The van der Waals surface area contributed by atoms with E-state index in [1.54, 1.807) is 49.4 Å². The maximum Gasteiger partial charge on any atom is 0.452 e. The number of rotatable bonds is 15. The SMILES string of the molecule is C=C(/C=C\C(=C/C)OC)[C@H](NC(=O)[C@H](Cc1ccc(CN)cc1)NC(=O)c1cccc(Cl)c1)C(=O)N[C@H](C(=O)C(F)(F)F)C(C)C. The number of allylic oxidation sites excluding steroid dienone is 2. The number of nitrogens with two attached hydrogens (primary N) is 1. The lowest BCUT2D eigenvalue weighted by atomic mass is 9.97. The minimum Gasteiger partial charge on any atom is -0.497 e. The monoisotopic (exact) mass is 662 g/mol. The van der Waals surface area contributed by atoms with Crippen LogP contribution in [0.4, 0.5) is 13.2 Å². The third-order valence-corrected chi connectivity index (χ3v) is 7.07. The predicted octanol–water partition coefficient (Wildman–Crippen LogP) is 4.56. The molecule has 3 atom stereocenters. The first kappa shape index (κ1) is 37.8. The Morgan fingerprint density at radius 3 is 2.13 bits per heavy atom. The molecule has 9 nitrogen and oxygen atoms in total. The van der Waals surface area contributed by atoms with Gasteiger partial charge < -0.3 is 26.4 Å². The Bertz CT molecular complexity index is 1470. The van der Waals surface area contributed by atoms with E-state index in [2.05, 4.69) is 22.5 Å². The van der Waals surface area contributed by atoms with Crippen molar-refractivity contribution in [1.82, 2.24) is 16.0 Å². The van der Waals surface area contributed by atoms with Gasteiger partial charge in [-0.3, -0.25) is 19.2 Å². The molecule has 0 radical (unpaired) electrons. The third kappa shape index (κ3) is 11.2. The summed E-state index contributed by atoms with van der Waals surface area (Å²) in [5.74, 6) is -5.34. The Morgan fingerprint density at radius 1 is 0.978 bits per heavy atom. The van der Waals surface area contributed by atoms with E-state index >= 15 is 0 Å². The number of ether oxygens (including phenoxy) is 1. The molecule has 0 aliphatic heterocycles. The minimum atomic E-state index is -5.22. The molecule has 0 saturated heterocycles. The molecule has 248 valence electrons. The fourth-order valence-electron chi connectivity index (χ4n) is 4.21. The Balaban J connectivity index is 2.49. The molecule has 13 heteroatoms. The van der Waals surface area contributed by atoms with Gasteiger partial charge in [-0.15, -0.1) is 0 Å². The fourth-order valence-corrected chi connectivity index (χ4v) is 4.40. The molecule has 0 bridgehead atoms. The second-order valence-electron chi connectivity index (χ2n) is 10.6. The number of carbonyl (C=O) groups is 4. The normalized spacial score (nSPS) is 13.9. The Morgan fingerprint density at radius 2 is 1.61 bits per heavy atom. The van der Waals surface area contributed by atoms with Gasteiger partial charge in [-0.1, -0.05) is 68.4 Å². The smallest absolute Gasteiger partial charge is 0.452 e. The number of carbonyl (C=O) groups excluding carboxylic acids is 4. The van der Waals surface area contributed by atoms with E-state index in [-0.39, 0.29) is 29.1 Å². The minimum absolute atomic E-state index is 0.0345. The first-order valence-corrected chi connectivity index (χ1v) is 14.6. The first-order valence-electron chi connectivity index (χ1n) is 14.2. The molecule has 2 aromatic carbocycles. The van der Waals surface area contributed by atoms with Gasteiger partial charge in [0, 0.05) is 23.6 Å². The third-order valence-electron chi connectivity index (χ3n) is 6.83. The number of nitrogens with one attached hydrogen (secondary N) is 3. The zero-order valence-corrected chi connectivity index (χ0v) is 26.7. The van der Waals surface area contributed by atoms with Gasteiger partial charge in [0.05, 0.1) is 13.2 Å². The largest absolute Gasteiger partial charge is 0.497 e.